The second-order valence-corrected chi connectivity index (χ2v) is 4.22. The van der Waals surface area contributed by atoms with E-state index >= 15 is 0 Å². The first kappa shape index (κ1) is 9.52. The van der Waals surface area contributed by atoms with Crippen LogP contribution in [-0.4, -0.2) is 27.6 Å². The molecule has 1 amide bonds. The summed E-state index contributed by atoms with van der Waals surface area (Å²) in [5, 5.41) is 0.198. The highest BCUT2D eigenvalue weighted by Gasteiger charge is 2.26. The van der Waals surface area contributed by atoms with Crippen LogP contribution in [0.25, 0.3) is 0 Å². The van der Waals surface area contributed by atoms with Gasteiger partial charge in [0.1, 0.15) is 0 Å². The summed E-state index contributed by atoms with van der Waals surface area (Å²) >= 11 is 4.30. The molecule has 1 aromatic rings. The Kier molecular flexibility index (Phi) is 2.72. The van der Waals surface area contributed by atoms with E-state index in [2.05, 4.69) is 17.6 Å². The van der Waals surface area contributed by atoms with Gasteiger partial charge >= 0.3 is 0 Å². The Hall–Kier alpha value is -1.03. The van der Waals surface area contributed by atoms with Crippen molar-refractivity contribution in [2.75, 3.05) is 6.54 Å². The van der Waals surface area contributed by atoms with Crippen molar-refractivity contribution < 1.29 is 4.79 Å². The molecule has 0 spiro atoms. The average molecular weight is 208 g/mol. The lowest BCUT2D eigenvalue weighted by Crippen LogP contribution is -2.24. The van der Waals surface area contributed by atoms with Crippen LogP contribution in [0.2, 0.25) is 0 Å². The van der Waals surface area contributed by atoms with E-state index < -0.39 is 0 Å². The Morgan fingerprint density at radius 3 is 2.79 bits per heavy atom. The normalized spacial score (nSPS) is 21.6. The van der Waals surface area contributed by atoms with Gasteiger partial charge in [-0.25, -0.2) is 0 Å². The standard InChI is InChI=1S/C10H12N2OS/c13-10-5-9(14)7-12(10)6-8-1-3-11-4-2-8/h1-4,9,14H,5-7H2. The number of carbonyl (C=O) groups excluding carboxylic acids is 1. The summed E-state index contributed by atoms with van der Waals surface area (Å²) < 4.78 is 0. The van der Waals surface area contributed by atoms with E-state index in [9.17, 15) is 4.79 Å². The zero-order valence-electron chi connectivity index (χ0n) is 7.76. The number of hydrogen-bond donors (Lipinski definition) is 1. The molecule has 0 saturated carbocycles. The molecule has 2 heterocycles. The van der Waals surface area contributed by atoms with Crippen molar-refractivity contribution in [3.63, 3.8) is 0 Å². The molecule has 4 heteroatoms. The predicted molar refractivity (Wildman–Crippen MR) is 57.0 cm³/mol. The van der Waals surface area contributed by atoms with E-state index in [0.717, 1.165) is 12.1 Å². The highest BCUT2D eigenvalue weighted by molar-refractivity contribution is 7.81. The predicted octanol–water partition coefficient (Wildman–Crippen LogP) is 1.11. The number of thiol groups is 1. The minimum Gasteiger partial charge on any atom is -0.337 e. The topological polar surface area (TPSA) is 33.2 Å². The number of carbonyl (C=O) groups is 1. The largest absolute Gasteiger partial charge is 0.337 e. The van der Waals surface area contributed by atoms with Crippen LogP contribution in [0.1, 0.15) is 12.0 Å². The lowest BCUT2D eigenvalue weighted by atomic mass is 10.2. The van der Waals surface area contributed by atoms with Crippen LogP contribution in [-0.2, 0) is 11.3 Å². The Bertz CT molecular complexity index is 328. The van der Waals surface area contributed by atoms with Crippen molar-refractivity contribution in [3.05, 3.63) is 30.1 Å². The molecule has 0 aromatic carbocycles. The third kappa shape index (κ3) is 2.07. The van der Waals surface area contributed by atoms with Gasteiger partial charge in [0.05, 0.1) is 0 Å². The molecular weight excluding hydrogens is 196 g/mol. The van der Waals surface area contributed by atoms with Crippen molar-refractivity contribution in [1.82, 2.24) is 9.88 Å². The van der Waals surface area contributed by atoms with E-state index in [1.807, 2.05) is 17.0 Å². The van der Waals surface area contributed by atoms with E-state index in [4.69, 9.17) is 0 Å². The molecule has 1 atom stereocenters. The second-order valence-electron chi connectivity index (χ2n) is 3.49. The van der Waals surface area contributed by atoms with Crippen molar-refractivity contribution in [2.45, 2.75) is 18.2 Å². The molecule has 1 unspecified atom stereocenters. The highest BCUT2D eigenvalue weighted by atomic mass is 32.1. The highest BCUT2D eigenvalue weighted by Crippen LogP contribution is 2.18. The summed E-state index contributed by atoms with van der Waals surface area (Å²) in [6.45, 7) is 1.43. The van der Waals surface area contributed by atoms with Gasteiger partial charge in [-0.3, -0.25) is 9.78 Å². The monoisotopic (exact) mass is 208 g/mol. The van der Waals surface area contributed by atoms with Gasteiger partial charge in [-0.1, -0.05) is 0 Å². The quantitative estimate of drug-likeness (QED) is 0.739. The molecule has 3 nitrogen and oxygen atoms in total. The summed E-state index contributed by atoms with van der Waals surface area (Å²) in [6.07, 6.45) is 4.05. The minimum absolute atomic E-state index is 0.196. The molecule has 0 bridgehead atoms. The van der Waals surface area contributed by atoms with Gasteiger partial charge in [-0.15, -0.1) is 0 Å². The average Bonchev–Trinajstić information content (AvgIpc) is 2.47. The molecule has 2 rings (SSSR count). The van der Waals surface area contributed by atoms with Gasteiger partial charge in [0.2, 0.25) is 5.91 Å². The van der Waals surface area contributed by atoms with Crippen LogP contribution in [0.15, 0.2) is 24.5 Å². The fraction of sp³-hybridized carbons (Fsp3) is 0.400. The molecule has 1 fully saturated rings. The Morgan fingerprint density at radius 2 is 2.21 bits per heavy atom. The van der Waals surface area contributed by atoms with Crippen LogP contribution >= 0.6 is 12.6 Å². The zero-order chi connectivity index (χ0) is 9.97. The number of amides is 1. The number of pyridine rings is 1. The van der Waals surface area contributed by atoms with Gasteiger partial charge in [0.15, 0.2) is 0 Å². The van der Waals surface area contributed by atoms with Crippen molar-refractivity contribution in [3.8, 4) is 0 Å². The summed E-state index contributed by atoms with van der Waals surface area (Å²) in [7, 11) is 0. The molecule has 1 aromatic heterocycles. The molecule has 0 radical (unpaired) electrons. The van der Waals surface area contributed by atoms with Crippen LogP contribution in [0.5, 0.6) is 0 Å². The first-order valence-corrected chi connectivity index (χ1v) is 5.12. The van der Waals surface area contributed by atoms with Crippen LogP contribution < -0.4 is 0 Å². The third-order valence-electron chi connectivity index (χ3n) is 2.32. The number of aromatic nitrogens is 1. The maximum Gasteiger partial charge on any atom is 0.224 e. The lowest BCUT2D eigenvalue weighted by Gasteiger charge is -2.15. The van der Waals surface area contributed by atoms with Crippen LogP contribution in [0.3, 0.4) is 0 Å². The summed E-state index contributed by atoms with van der Waals surface area (Å²) in [5.41, 5.74) is 1.12. The fourth-order valence-corrected chi connectivity index (χ4v) is 1.97. The SMILES string of the molecule is O=C1CC(S)CN1Cc1ccncc1. The van der Waals surface area contributed by atoms with E-state index in [-0.39, 0.29) is 11.2 Å². The maximum atomic E-state index is 11.5. The van der Waals surface area contributed by atoms with Crippen molar-refractivity contribution in [1.29, 1.82) is 0 Å². The molecule has 0 aliphatic carbocycles. The van der Waals surface area contributed by atoms with Gasteiger partial charge in [-0.2, -0.15) is 12.6 Å². The molecular formula is C10H12N2OS. The third-order valence-corrected chi connectivity index (χ3v) is 2.66. The molecule has 1 aliphatic rings. The van der Waals surface area contributed by atoms with E-state index in [1.54, 1.807) is 12.4 Å². The molecule has 14 heavy (non-hydrogen) atoms. The fourth-order valence-electron chi connectivity index (χ4n) is 1.61. The van der Waals surface area contributed by atoms with Crippen LogP contribution in [0, 0.1) is 0 Å². The second kappa shape index (κ2) is 4.00. The van der Waals surface area contributed by atoms with E-state index in [1.165, 1.54) is 0 Å². The molecule has 74 valence electrons. The van der Waals surface area contributed by atoms with Gasteiger partial charge in [0.25, 0.3) is 0 Å². The Labute approximate surface area is 88.5 Å². The summed E-state index contributed by atoms with van der Waals surface area (Å²) in [4.78, 5) is 17.2. The zero-order valence-corrected chi connectivity index (χ0v) is 8.65. The maximum absolute atomic E-state index is 11.5. The number of rotatable bonds is 2. The van der Waals surface area contributed by atoms with E-state index in [0.29, 0.717) is 13.0 Å². The lowest BCUT2D eigenvalue weighted by molar-refractivity contribution is -0.128. The molecule has 1 saturated heterocycles. The first-order valence-electron chi connectivity index (χ1n) is 4.60. The Morgan fingerprint density at radius 1 is 1.50 bits per heavy atom. The van der Waals surface area contributed by atoms with Crippen LogP contribution in [0.4, 0.5) is 0 Å². The smallest absolute Gasteiger partial charge is 0.224 e. The number of hydrogen-bond acceptors (Lipinski definition) is 3. The van der Waals surface area contributed by atoms with Gasteiger partial charge < -0.3 is 4.90 Å². The minimum atomic E-state index is 0.196. The number of nitrogens with zero attached hydrogens (tertiary/aromatic N) is 2. The first-order chi connectivity index (χ1) is 6.75. The van der Waals surface area contributed by atoms with Gasteiger partial charge in [0, 0.05) is 37.2 Å². The summed E-state index contributed by atoms with van der Waals surface area (Å²) in [6, 6.07) is 3.86. The molecule has 1 aliphatic heterocycles. The molecule has 0 N–H and O–H groups in total. The Balaban J connectivity index is 2.02. The van der Waals surface area contributed by atoms with Crippen molar-refractivity contribution in [2.24, 2.45) is 0 Å². The summed E-state index contributed by atoms with van der Waals surface area (Å²) in [5.74, 6) is 0.196. The van der Waals surface area contributed by atoms with Gasteiger partial charge in [-0.05, 0) is 17.7 Å². The van der Waals surface area contributed by atoms with Crippen molar-refractivity contribution >= 4 is 18.5 Å². The number of likely N-dealkylation sites (tertiary alicyclic amines) is 1.